The van der Waals surface area contributed by atoms with Crippen LogP contribution >= 0.6 is 0 Å². The first-order chi connectivity index (χ1) is 12.7. The summed E-state index contributed by atoms with van der Waals surface area (Å²) in [7, 11) is 0. The van der Waals surface area contributed by atoms with Crippen LogP contribution in [0.3, 0.4) is 0 Å². The molecule has 3 heterocycles. The SMILES string of the molecule is NC(=O)n1nc(C2CCCN(Cc3ccccc3)C2)c2c1NCCCC2. The number of carbonyl (C=O) groups excluding carboxylic acids is 1. The minimum atomic E-state index is -0.501. The second-order valence-electron chi connectivity index (χ2n) is 7.41. The molecular formula is C20H27N5O. The van der Waals surface area contributed by atoms with Gasteiger partial charge in [-0.25, -0.2) is 4.79 Å². The zero-order valence-corrected chi connectivity index (χ0v) is 15.2. The zero-order valence-electron chi connectivity index (χ0n) is 15.2. The van der Waals surface area contributed by atoms with Gasteiger partial charge in [-0.1, -0.05) is 30.3 Å². The molecule has 1 aromatic heterocycles. The fourth-order valence-corrected chi connectivity index (χ4v) is 4.28. The number of rotatable bonds is 3. The molecule has 2 aliphatic heterocycles. The van der Waals surface area contributed by atoms with Crippen molar-refractivity contribution in [3.8, 4) is 0 Å². The van der Waals surface area contributed by atoms with Crippen LogP contribution in [0.1, 0.15) is 48.4 Å². The van der Waals surface area contributed by atoms with Crippen LogP contribution in [-0.4, -0.2) is 40.3 Å². The summed E-state index contributed by atoms with van der Waals surface area (Å²) in [5, 5.41) is 8.02. The third kappa shape index (κ3) is 3.46. The first kappa shape index (κ1) is 17.1. The average molecular weight is 353 g/mol. The van der Waals surface area contributed by atoms with Gasteiger partial charge in [0.05, 0.1) is 5.69 Å². The normalized spacial score (nSPS) is 20.8. The second kappa shape index (κ2) is 7.50. The average Bonchev–Trinajstić information content (AvgIpc) is 2.85. The van der Waals surface area contributed by atoms with Crippen molar-refractivity contribution in [3.05, 3.63) is 47.2 Å². The van der Waals surface area contributed by atoms with Gasteiger partial charge in [0.25, 0.3) is 0 Å². The molecule has 0 bridgehead atoms. The molecule has 0 radical (unpaired) electrons. The Hall–Kier alpha value is -2.34. The van der Waals surface area contributed by atoms with Crippen LogP contribution in [0.2, 0.25) is 0 Å². The molecule has 0 aliphatic carbocycles. The summed E-state index contributed by atoms with van der Waals surface area (Å²) in [6.45, 7) is 3.93. The number of hydrogen-bond donors (Lipinski definition) is 2. The summed E-state index contributed by atoms with van der Waals surface area (Å²) in [6, 6.07) is 10.1. The number of nitrogens with zero attached hydrogens (tertiary/aromatic N) is 3. The summed E-state index contributed by atoms with van der Waals surface area (Å²) < 4.78 is 1.38. The Balaban J connectivity index is 1.57. The van der Waals surface area contributed by atoms with Crippen molar-refractivity contribution in [1.82, 2.24) is 14.7 Å². The molecule has 0 spiro atoms. The van der Waals surface area contributed by atoms with Crippen molar-refractivity contribution in [3.63, 3.8) is 0 Å². The summed E-state index contributed by atoms with van der Waals surface area (Å²) in [6.07, 6.45) is 5.48. The highest BCUT2D eigenvalue weighted by Gasteiger charge is 2.30. The number of amides is 1. The van der Waals surface area contributed by atoms with E-state index in [1.807, 2.05) is 0 Å². The fourth-order valence-electron chi connectivity index (χ4n) is 4.28. The van der Waals surface area contributed by atoms with E-state index in [0.29, 0.717) is 5.92 Å². The number of carbonyl (C=O) groups is 1. The molecule has 0 saturated carbocycles. The van der Waals surface area contributed by atoms with Gasteiger partial charge in [-0.15, -0.1) is 0 Å². The van der Waals surface area contributed by atoms with Gasteiger partial charge in [0.1, 0.15) is 5.82 Å². The van der Waals surface area contributed by atoms with Gasteiger partial charge in [-0.2, -0.15) is 9.78 Å². The Morgan fingerprint density at radius 1 is 1.23 bits per heavy atom. The third-order valence-corrected chi connectivity index (χ3v) is 5.51. The molecule has 6 nitrogen and oxygen atoms in total. The van der Waals surface area contributed by atoms with Crippen molar-refractivity contribution in [2.24, 2.45) is 5.73 Å². The van der Waals surface area contributed by atoms with Gasteiger partial charge >= 0.3 is 6.03 Å². The molecule has 3 N–H and O–H groups in total. The van der Waals surface area contributed by atoms with Crippen LogP contribution in [0.5, 0.6) is 0 Å². The molecule has 1 amide bonds. The monoisotopic (exact) mass is 353 g/mol. The van der Waals surface area contributed by atoms with E-state index in [9.17, 15) is 4.79 Å². The fraction of sp³-hybridized carbons (Fsp3) is 0.500. The van der Waals surface area contributed by atoms with Crippen molar-refractivity contribution < 1.29 is 4.79 Å². The maximum absolute atomic E-state index is 11.9. The molecule has 1 saturated heterocycles. The number of hydrogen-bond acceptors (Lipinski definition) is 4. The number of nitrogens with two attached hydrogens (primary N) is 1. The molecule has 26 heavy (non-hydrogen) atoms. The molecule has 1 atom stereocenters. The zero-order chi connectivity index (χ0) is 17.9. The van der Waals surface area contributed by atoms with E-state index in [4.69, 9.17) is 5.73 Å². The first-order valence-corrected chi connectivity index (χ1v) is 9.64. The van der Waals surface area contributed by atoms with E-state index in [2.05, 4.69) is 45.6 Å². The predicted octanol–water partition coefficient (Wildman–Crippen LogP) is 2.94. The lowest BCUT2D eigenvalue weighted by Gasteiger charge is -2.32. The predicted molar refractivity (Wildman–Crippen MR) is 102 cm³/mol. The Kier molecular flexibility index (Phi) is 4.93. The number of aromatic nitrogens is 2. The maximum atomic E-state index is 11.9. The Morgan fingerprint density at radius 3 is 2.88 bits per heavy atom. The van der Waals surface area contributed by atoms with E-state index in [1.165, 1.54) is 15.8 Å². The lowest BCUT2D eigenvalue weighted by atomic mass is 9.91. The summed E-state index contributed by atoms with van der Waals surface area (Å²) >= 11 is 0. The van der Waals surface area contributed by atoms with Gasteiger partial charge in [-0.05, 0) is 44.2 Å². The minimum Gasteiger partial charge on any atom is -0.370 e. The number of primary amides is 1. The Labute approximate surface area is 154 Å². The van der Waals surface area contributed by atoms with Crippen molar-refractivity contribution >= 4 is 11.8 Å². The number of likely N-dealkylation sites (tertiary alicyclic amines) is 1. The van der Waals surface area contributed by atoms with Crippen LogP contribution in [-0.2, 0) is 13.0 Å². The Morgan fingerprint density at radius 2 is 2.08 bits per heavy atom. The third-order valence-electron chi connectivity index (χ3n) is 5.51. The van der Waals surface area contributed by atoms with Crippen LogP contribution < -0.4 is 11.1 Å². The summed E-state index contributed by atoms with van der Waals surface area (Å²) in [4.78, 5) is 14.4. The van der Waals surface area contributed by atoms with Crippen LogP contribution in [0.4, 0.5) is 10.6 Å². The summed E-state index contributed by atoms with van der Waals surface area (Å²) in [5.74, 6) is 1.19. The molecular weight excluding hydrogens is 326 g/mol. The Bertz CT molecular complexity index is 770. The lowest BCUT2D eigenvalue weighted by Crippen LogP contribution is -2.34. The molecule has 138 valence electrons. The van der Waals surface area contributed by atoms with Crippen molar-refractivity contribution in [2.75, 3.05) is 25.0 Å². The highest BCUT2D eigenvalue weighted by molar-refractivity contribution is 5.79. The number of fused-ring (bicyclic) bond motifs is 1. The summed E-state index contributed by atoms with van der Waals surface area (Å²) in [5.41, 5.74) is 9.19. The molecule has 1 aromatic carbocycles. The van der Waals surface area contributed by atoms with Crippen LogP contribution in [0, 0.1) is 0 Å². The lowest BCUT2D eigenvalue weighted by molar-refractivity contribution is 0.197. The van der Waals surface area contributed by atoms with E-state index >= 15 is 0 Å². The molecule has 2 aliphatic rings. The molecule has 1 fully saturated rings. The van der Waals surface area contributed by atoms with E-state index < -0.39 is 6.03 Å². The number of nitrogens with one attached hydrogen (secondary N) is 1. The topological polar surface area (TPSA) is 76.2 Å². The van der Waals surface area contributed by atoms with Gasteiger partial charge < -0.3 is 11.1 Å². The largest absolute Gasteiger partial charge is 0.370 e. The number of benzene rings is 1. The number of anilines is 1. The standard InChI is InChI=1S/C20H27N5O/c21-20(26)25-19-17(10-4-5-11-22-19)18(23-25)16-9-6-12-24(14-16)13-15-7-2-1-3-8-15/h1-3,7-8,16,22H,4-6,9-14H2,(H2,21,26). The van der Waals surface area contributed by atoms with Crippen molar-refractivity contribution in [1.29, 1.82) is 0 Å². The first-order valence-electron chi connectivity index (χ1n) is 9.64. The van der Waals surface area contributed by atoms with Crippen LogP contribution in [0.15, 0.2) is 30.3 Å². The second-order valence-corrected chi connectivity index (χ2v) is 7.41. The highest BCUT2D eigenvalue weighted by atomic mass is 16.2. The molecule has 2 aromatic rings. The van der Waals surface area contributed by atoms with Gasteiger partial charge in [-0.3, -0.25) is 4.90 Å². The van der Waals surface area contributed by atoms with Gasteiger partial charge in [0, 0.05) is 31.1 Å². The van der Waals surface area contributed by atoms with Crippen LogP contribution in [0.25, 0.3) is 0 Å². The van der Waals surface area contributed by atoms with Crippen molar-refractivity contribution in [2.45, 2.75) is 44.6 Å². The van der Waals surface area contributed by atoms with Gasteiger partial charge in [0.2, 0.25) is 0 Å². The maximum Gasteiger partial charge on any atom is 0.341 e. The molecule has 4 rings (SSSR count). The minimum absolute atomic E-state index is 0.363. The molecule has 1 unspecified atom stereocenters. The highest BCUT2D eigenvalue weighted by Crippen LogP contribution is 2.34. The van der Waals surface area contributed by atoms with E-state index in [1.54, 1.807) is 0 Å². The van der Waals surface area contributed by atoms with E-state index in [-0.39, 0.29) is 0 Å². The molecule has 6 heteroatoms. The quantitative estimate of drug-likeness (QED) is 0.889. The number of piperidine rings is 1. The smallest absolute Gasteiger partial charge is 0.341 e. The van der Waals surface area contributed by atoms with Gasteiger partial charge in [0.15, 0.2) is 0 Å². The van der Waals surface area contributed by atoms with E-state index in [0.717, 1.165) is 69.8 Å².